The highest BCUT2D eigenvalue weighted by atomic mass is 16.1. The molecule has 1 aromatic heterocycles. The molecule has 0 radical (unpaired) electrons. The summed E-state index contributed by atoms with van der Waals surface area (Å²) in [5.74, 6) is -0.0802. The van der Waals surface area contributed by atoms with Crippen LogP contribution in [0, 0.1) is 0 Å². The first-order chi connectivity index (χ1) is 7.17. The lowest BCUT2D eigenvalue weighted by Crippen LogP contribution is -2.12. The zero-order valence-electron chi connectivity index (χ0n) is 8.00. The van der Waals surface area contributed by atoms with Crippen LogP contribution >= 0.6 is 0 Å². The zero-order chi connectivity index (χ0) is 11.3. The SMILES string of the molecule is CN(C)c1nc(N=C=O)nc(N=C=O)n1. The second-order valence-corrected chi connectivity index (χ2v) is 2.54. The summed E-state index contributed by atoms with van der Waals surface area (Å²) in [5, 5.41) is 0. The molecule has 0 bridgehead atoms. The lowest BCUT2D eigenvalue weighted by atomic mass is 10.7. The molecule has 0 unspecified atom stereocenters. The normalized spacial score (nSPS) is 8.67. The van der Waals surface area contributed by atoms with Gasteiger partial charge in [0, 0.05) is 14.1 Å². The smallest absolute Gasteiger partial charge is 0.267 e. The van der Waals surface area contributed by atoms with Crippen LogP contribution in [0.3, 0.4) is 0 Å². The van der Waals surface area contributed by atoms with Crippen LogP contribution in [0.5, 0.6) is 0 Å². The first-order valence-electron chi connectivity index (χ1n) is 3.76. The van der Waals surface area contributed by atoms with Gasteiger partial charge in [-0.1, -0.05) is 0 Å². The molecule has 8 nitrogen and oxygen atoms in total. The van der Waals surface area contributed by atoms with Gasteiger partial charge in [0.15, 0.2) is 0 Å². The second-order valence-electron chi connectivity index (χ2n) is 2.54. The zero-order valence-corrected chi connectivity index (χ0v) is 8.00. The summed E-state index contributed by atoms with van der Waals surface area (Å²) in [5.41, 5.74) is 0. The van der Waals surface area contributed by atoms with Crippen molar-refractivity contribution in [2.75, 3.05) is 19.0 Å². The summed E-state index contributed by atoms with van der Waals surface area (Å²) in [4.78, 5) is 39.2. The summed E-state index contributed by atoms with van der Waals surface area (Å²) < 4.78 is 0. The number of nitrogens with zero attached hydrogens (tertiary/aromatic N) is 6. The average molecular weight is 206 g/mol. The molecule has 0 aliphatic heterocycles. The van der Waals surface area contributed by atoms with Gasteiger partial charge in [0.2, 0.25) is 18.1 Å². The minimum absolute atomic E-state index is 0.155. The fourth-order valence-corrected chi connectivity index (χ4v) is 0.725. The predicted octanol–water partition coefficient (Wildman–Crippen LogP) is -0.128. The molecule has 0 atom stereocenters. The average Bonchev–Trinajstić information content (AvgIpc) is 2.18. The van der Waals surface area contributed by atoms with Crippen molar-refractivity contribution in [1.29, 1.82) is 0 Å². The third kappa shape index (κ3) is 2.77. The molecule has 0 saturated carbocycles. The summed E-state index contributed by atoms with van der Waals surface area (Å²) in [6.07, 6.45) is 2.57. The van der Waals surface area contributed by atoms with E-state index < -0.39 is 0 Å². The fraction of sp³-hybridized carbons (Fsp3) is 0.286. The van der Waals surface area contributed by atoms with Crippen LogP contribution in [0.15, 0.2) is 9.98 Å². The van der Waals surface area contributed by atoms with Crippen molar-refractivity contribution in [2.45, 2.75) is 0 Å². The highest BCUT2D eigenvalue weighted by Gasteiger charge is 2.06. The molecule has 0 aliphatic carbocycles. The minimum atomic E-state index is -0.155. The number of aromatic nitrogens is 3. The Hall–Kier alpha value is -2.43. The summed E-state index contributed by atoms with van der Waals surface area (Å²) in [7, 11) is 3.36. The quantitative estimate of drug-likeness (QED) is 0.504. The van der Waals surface area contributed by atoms with Gasteiger partial charge < -0.3 is 4.90 Å². The number of carbonyl (C=O) groups excluding carboxylic acids is 2. The first kappa shape index (κ1) is 10.6. The predicted molar refractivity (Wildman–Crippen MR) is 49.7 cm³/mol. The van der Waals surface area contributed by atoms with E-state index in [-0.39, 0.29) is 17.8 Å². The molecule has 1 heterocycles. The molecule has 0 amide bonds. The Morgan fingerprint density at radius 2 is 1.47 bits per heavy atom. The third-order valence-corrected chi connectivity index (χ3v) is 1.29. The molecular formula is C7H6N6O2. The van der Waals surface area contributed by atoms with Crippen molar-refractivity contribution in [1.82, 2.24) is 15.0 Å². The van der Waals surface area contributed by atoms with E-state index >= 15 is 0 Å². The molecule has 0 aliphatic rings. The highest BCUT2D eigenvalue weighted by Crippen LogP contribution is 2.14. The number of anilines is 1. The minimum Gasteiger partial charge on any atom is -0.347 e. The Balaban J connectivity index is 3.31. The number of aliphatic imine (C=N–C) groups is 2. The van der Waals surface area contributed by atoms with Crippen LogP contribution in [0.25, 0.3) is 0 Å². The molecule has 0 N–H and O–H groups in total. The Kier molecular flexibility index (Phi) is 3.34. The maximum Gasteiger partial charge on any atom is 0.267 e. The van der Waals surface area contributed by atoms with Crippen molar-refractivity contribution < 1.29 is 9.59 Å². The van der Waals surface area contributed by atoms with Crippen molar-refractivity contribution in [3.63, 3.8) is 0 Å². The van der Waals surface area contributed by atoms with Crippen molar-refractivity contribution in [3.8, 4) is 0 Å². The van der Waals surface area contributed by atoms with Crippen LogP contribution in [0.4, 0.5) is 17.8 Å². The Morgan fingerprint density at radius 1 is 1.00 bits per heavy atom. The van der Waals surface area contributed by atoms with Crippen LogP contribution in [-0.4, -0.2) is 41.2 Å². The number of hydrogen-bond acceptors (Lipinski definition) is 8. The van der Waals surface area contributed by atoms with Gasteiger partial charge in [-0.25, -0.2) is 9.59 Å². The number of isocyanates is 2. The van der Waals surface area contributed by atoms with Crippen LogP contribution < -0.4 is 4.90 Å². The molecule has 0 aromatic carbocycles. The molecule has 76 valence electrons. The van der Waals surface area contributed by atoms with Gasteiger partial charge >= 0.3 is 0 Å². The van der Waals surface area contributed by atoms with E-state index in [0.29, 0.717) is 0 Å². The van der Waals surface area contributed by atoms with Gasteiger partial charge in [-0.15, -0.1) is 9.98 Å². The molecule has 8 heteroatoms. The lowest BCUT2D eigenvalue weighted by Gasteiger charge is -2.08. The maximum atomic E-state index is 10.0. The molecule has 1 aromatic rings. The van der Waals surface area contributed by atoms with E-state index in [9.17, 15) is 9.59 Å². The van der Waals surface area contributed by atoms with Crippen molar-refractivity contribution >= 4 is 30.0 Å². The maximum absolute atomic E-state index is 10.0. The molecule has 1 rings (SSSR count). The van der Waals surface area contributed by atoms with Crippen molar-refractivity contribution in [3.05, 3.63) is 0 Å². The molecule has 0 fully saturated rings. The summed E-state index contributed by atoms with van der Waals surface area (Å²) in [6.45, 7) is 0. The molecule has 15 heavy (non-hydrogen) atoms. The van der Waals surface area contributed by atoms with Gasteiger partial charge in [0.1, 0.15) is 0 Å². The van der Waals surface area contributed by atoms with Gasteiger partial charge in [-0.2, -0.15) is 15.0 Å². The Bertz CT molecular complexity index is 422. The van der Waals surface area contributed by atoms with E-state index in [0.717, 1.165) is 0 Å². The van der Waals surface area contributed by atoms with Gasteiger partial charge in [0.25, 0.3) is 11.9 Å². The first-order valence-corrected chi connectivity index (χ1v) is 3.76. The van der Waals surface area contributed by atoms with E-state index in [2.05, 4.69) is 24.9 Å². The Morgan fingerprint density at radius 3 is 1.80 bits per heavy atom. The highest BCUT2D eigenvalue weighted by molar-refractivity contribution is 5.48. The fourth-order valence-electron chi connectivity index (χ4n) is 0.725. The van der Waals surface area contributed by atoms with Gasteiger partial charge in [-0.3, -0.25) is 0 Å². The topological polar surface area (TPSA) is 101 Å². The molecule has 0 saturated heterocycles. The monoisotopic (exact) mass is 206 g/mol. The largest absolute Gasteiger partial charge is 0.347 e. The van der Waals surface area contributed by atoms with Crippen LogP contribution in [-0.2, 0) is 9.59 Å². The van der Waals surface area contributed by atoms with E-state index in [1.807, 2.05) is 0 Å². The van der Waals surface area contributed by atoms with Gasteiger partial charge in [0.05, 0.1) is 0 Å². The molecular weight excluding hydrogens is 200 g/mol. The Labute approximate surface area is 84.4 Å². The summed E-state index contributed by atoms with van der Waals surface area (Å²) >= 11 is 0. The van der Waals surface area contributed by atoms with E-state index in [4.69, 9.17) is 0 Å². The van der Waals surface area contributed by atoms with E-state index in [1.54, 1.807) is 19.0 Å². The van der Waals surface area contributed by atoms with Crippen molar-refractivity contribution in [2.24, 2.45) is 9.98 Å². The standard InChI is InChI=1S/C7H6N6O2/c1-13(2)7-11-5(8-3-14)10-6(12-7)9-4-15/h1-2H3. The summed E-state index contributed by atoms with van der Waals surface area (Å²) in [6, 6.07) is 0. The van der Waals surface area contributed by atoms with Gasteiger partial charge in [-0.05, 0) is 0 Å². The number of hydrogen-bond donors (Lipinski definition) is 0. The van der Waals surface area contributed by atoms with E-state index in [1.165, 1.54) is 12.2 Å². The van der Waals surface area contributed by atoms with Crippen LogP contribution in [0.1, 0.15) is 0 Å². The second kappa shape index (κ2) is 4.71. The lowest BCUT2D eigenvalue weighted by molar-refractivity contribution is 0.564. The molecule has 0 spiro atoms. The third-order valence-electron chi connectivity index (χ3n) is 1.29. The number of rotatable bonds is 3. The van der Waals surface area contributed by atoms with Crippen LogP contribution in [0.2, 0.25) is 0 Å².